The molecule has 0 unspecified atom stereocenters. The lowest BCUT2D eigenvalue weighted by atomic mass is 9.81. The average molecular weight is 573 g/mol. The summed E-state index contributed by atoms with van der Waals surface area (Å²) in [6.07, 6.45) is -3.85. The molecule has 7 atom stereocenters. The first-order valence-electron chi connectivity index (χ1n) is 9.26. The van der Waals surface area contributed by atoms with Crippen molar-refractivity contribution in [2.24, 2.45) is 23.7 Å². The predicted molar refractivity (Wildman–Crippen MR) is 110 cm³/mol. The molecule has 3 aliphatic rings. The van der Waals surface area contributed by atoms with Crippen LogP contribution in [0.4, 0.5) is 18.9 Å². The molecule has 1 saturated heterocycles. The summed E-state index contributed by atoms with van der Waals surface area (Å²) >= 11 is 13.1. The van der Waals surface area contributed by atoms with Gasteiger partial charge >= 0.3 is 6.18 Å². The molecule has 1 N–H and O–H groups in total. The van der Waals surface area contributed by atoms with E-state index >= 15 is 0 Å². The van der Waals surface area contributed by atoms with Gasteiger partial charge in [-0.05, 0) is 43.4 Å². The number of carbonyl (C=O) groups is 3. The van der Waals surface area contributed by atoms with Crippen LogP contribution in [0.15, 0.2) is 18.2 Å². The highest BCUT2D eigenvalue weighted by molar-refractivity contribution is 9.12. The van der Waals surface area contributed by atoms with Gasteiger partial charge in [-0.1, -0.05) is 43.5 Å². The fraction of sp³-hybridized carbons (Fsp3) is 0.526. The Morgan fingerprint density at radius 1 is 1.17 bits per heavy atom. The third-order valence-corrected chi connectivity index (χ3v) is 9.88. The van der Waals surface area contributed by atoms with Crippen molar-refractivity contribution in [2.45, 2.75) is 35.2 Å². The maximum Gasteiger partial charge on any atom is 0.416 e. The zero-order valence-electron chi connectivity index (χ0n) is 15.4. The Labute approximate surface area is 191 Å². The third-order valence-electron chi connectivity index (χ3n) is 6.34. The number of fused-ring (bicyclic) bond motifs is 5. The summed E-state index contributed by atoms with van der Waals surface area (Å²) in [5.41, 5.74) is -1.20. The van der Waals surface area contributed by atoms with Crippen molar-refractivity contribution in [1.29, 1.82) is 0 Å². The van der Waals surface area contributed by atoms with Crippen LogP contribution >= 0.6 is 43.5 Å². The Morgan fingerprint density at radius 2 is 1.70 bits per heavy atom. The highest BCUT2D eigenvalue weighted by Gasteiger charge is 2.67. The number of anilines is 1. The van der Waals surface area contributed by atoms with E-state index in [0.29, 0.717) is 0 Å². The van der Waals surface area contributed by atoms with Gasteiger partial charge in [0.15, 0.2) is 0 Å². The van der Waals surface area contributed by atoms with Gasteiger partial charge in [0.1, 0.15) is 6.04 Å². The fourth-order valence-electron chi connectivity index (χ4n) is 4.91. The predicted octanol–water partition coefficient (Wildman–Crippen LogP) is 4.46. The summed E-state index contributed by atoms with van der Waals surface area (Å²) in [6, 6.07) is 1.38. The first kappa shape index (κ1) is 22.1. The Bertz CT molecular complexity index is 912. The molecule has 5 nitrogen and oxygen atoms in total. The molecule has 2 saturated carbocycles. The van der Waals surface area contributed by atoms with Gasteiger partial charge in [-0.3, -0.25) is 19.3 Å². The number of halogens is 6. The summed E-state index contributed by atoms with van der Waals surface area (Å²) in [4.78, 5) is 39.8. The lowest BCUT2D eigenvalue weighted by Crippen LogP contribution is -2.46. The van der Waals surface area contributed by atoms with Crippen LogP contribution in [0, 0.1) is 23.7 Å². The molecule has 2 bridgehead atoms. The maximum atomic E-state index is 13.0. The van der Waals surface area contributed by atoms with E-state index in [4.69, 9.17) is 11.6 Å². The molecule has 3 amide bonds. The third kappa shape index (κ3) is 3.30. The van der Waals surface area contributed by atoms with Gasteiger partial charge in [0.25, 0.3) is 0 Å². The summed E-state index contributed by atoms with van der Waals surface area (Å²) in [7, 11) is 0. The van der Waals surface area contributed by atoms with E-state index in [1.54, 1.807) is 0 Å². The zero-order chi connectivity index (χ0) is 22.1. The second-order valence-electron chi connectivity index (χ2n) is 7.91. The Morgan fingerprint density at radius 3 is 2.20 bits per heavy atom. The quantitative estimate of drug-likeness (QED) is 0.430. The van der Waals surface area contributed by atoms with E-state index in [1.807, 2.05) is 0 Å². The van der Waals surface area contributed by atoms with Crippen LogP contribution in [0.2, 0.25) is 5.02 Å². The van der Waals surface area contributed by atoms with Gasteiger partial charge in [0, 0.05) is 9.65 Å². The van der Waals surface area contributed by atoms with Gasteiger partial charge in [-0.25, -0.2) is 0 Å². The second-order valence-corrected chi connectivity index (χ2v) is 10.4. The van der Waals surface area contributed by atoms with Crippen LogP contribution in [0.1, 0.15) is 18.9 Å². The Kier molecular flexibility index (Phi) is 5.50. The number of nitrogens with one attached hydrogen (secondary N) is 1. The van der Waals surface area contributed by atoms with Crippen molar-refractivity contribution >= 4 is 66.9 Å². The molecule has 1 aromatic carbocycles. The highest BCUT2D eigenvalue weighted by atomic mass is 79.9. The van der Waals surface area contributed by atoms with Crippen LogP contribution in [-0.4, -0.2) is 38.3 Å². The number of likely N-dealkylation sites (tertiary alicyclic amines) is 1. The van der Waals surface area contributed by atoms with Crippen molar-refractivity contribution in [1.82, 2.24) is 4.90 Å². The summed E-state index contributed by atoms with van der Waals surface area (Å²) in [6.45, 7) is 1.38. The number of nitrogens with zero attached hydrogens (tertiary/aromatic N) is 1. The number of carbonyl (C=O) groups excluding carboxylic acids is 3. The van der Waals surface area contributed by atoms with E-state index in [1.165, 1.54) is 6.92 Å². The summed E-state index contributed by atoms with van der Waals surface area (Å²) in [5.74, 6) is -2.55. The van der Waals surface area contributed by atoms with Gasteiger partial charge in [0.05, 0.1) is 28.1 Å². The largest absolute Gasteiger partial charge is 0.416 e. The molecule has 3 fully saturated rings. The molecule has 11 heteroatoms. The van der Waals surface area contributed by atoms with Gasteiger partial charge in [0.2, 0.25) is 17.7 Å². The molecule has 0 radical (unpaired) electrons. The number of hydrogen-bond donors (Lipinski definition) is 1. The van der Waals surface area contributed by atoms with E-state index in [2.05, 4.69) is 37.2 Å². The van der Waals surface area contributed by atoms with Crippen molar-refractivity contribution in [3.63, 3.8) is 0 Å². The Hall–Kier alpha value is -1.13. The van der Waals surface area contributed by atoms with Crippen molar-refractivity contribution in [3.05, 3.63) is 28.8 Å². The molecule has 0 spiro atoms. The van der Waals surface area contributed by atoms with Crippen LogP contribution in [0.5, 0.6) is 0 Å². The molecule has 1 aromatic rings. The van der Waals surface area contributed by atoms with Crippen LogP contribution in [0.3, 0.4) is 0 Å². The summed E-state index contributed by atoms with van der Waals surface area (Å²) in [5, 5.41) is 2.24. The van der Waals surface area contributed by atoms with Crippen LogP contribution < -0.4 is 5.32 Å². The number of rotatable bonds is 3. The van der Waals surface area contributed by atoms with Gasteiger partial charge in [-0.15, -0.1) is 0 Å². The number of alkyl halides is 5. The molecule has 1 heterocycles. The topological polar surface area (TPSA) is 66.5 Å². The highest BCUT2D eigenvalue weighted by Crippen LogP contribution is 2.60. The summed E-state index contributed by atoms with van der Waals surface area (Å²) < 4.78 is 38.9. The minimum Gasteiger partial charge on any atom is -0.323 e. The minimum absolute atomic E-state index is 0.000928. The molecule has 162 valence electrons. The molecular formula is C19H16Br2ClF3N2O3. The van der Waals surface area contributed by atoms with E-state index < -0.39 is 47.3 Å². The lowest BCUT2D eigenvalue weighted by Gasteiger charge is -2.28. The molecule has 0 aromatic heterocycles. The average Bonchev–Trinajstić information content (AvgIpc) is 3.27. The smallest absolute Gasteiger partial charge is 0.323 e. The molecule has 4 rings (SSSR count). The number of benzene rings is 1. The molecule has 1 aliphatic heterocycles. The first-order chi connectivity index (χ1) is 13.9. The molecular weight excluding hydrogens is 556 g/mol. The normalized spacial score (nSPS) is 33.8. The monoisotopic (exact) mass is 570 g/mol. The second kappa shape index (κ2) is 7.48. The number of amides is 3. The van der Waals surface area contributed by atoms with Gasteiger partial charge < -0.3 is 5.32 Å². The molecule has 2 aliphatic carbocycles. The van der Waals surface area contributed by atoms with Crippen LogP contribution in [-0.2, 0) is 20.6 Å². The minimum atomic E-state index is -4.61. The van der Waals surface area contributed by atoms with Crippen molar-refractivity contribution in [3.8, 4) is 0 Å². The zero-order valence-corrected chi connectivity index (χ0v) is 19.3. The van der Waals surface area contributed by atoms with E-state index in [9.17, 15) is 27.6 Å². The maximum absolute atomic E-state index is 13.0. The van der Waals surface area contributed by atoms with Crippen molar-refractivity contribution < 1.29 is 27.6 Å². The number of imide groups is 1. The first-order valence-corrected chi connectivity index (χ1v) is 11.5. The van der Waals surface area contributed by atoms with Gasteiger partial charge in [-0.2, -0.15) is 13.2 Å². The van der Waals surface area contributed by atoms with E-state index in [-0.39, 0.29) is 32.2 Å². The van der Waals surface area contributed by atoms with Crippen molar-refractivity contribution in [2.75, 3.05) is 5.32 Å². The fourth-order valence-corrected chi connectivity index (χ4v) is 6.94. The SMILES string of the molecule is C[C@H](C(=O)Nc1cc(C(F)(F)F)ccc1Cl)N1C(=O)[C@@H]2[C@H]3C[C@@H]([C@H](Br)[C@H]3Br)[C@@H]2C1=O. The van der Waals surface area contributed by atoms with E-state index in [0.717, 1.165) is 29.5 Å². The van der Waals surface area contributed by atoms with Crippen LogP contribution in [0.25, 0.3) is 0 Å². The Balaban J connectivity index is 1.55. The molecule has 30 heavy (non-hydrogen) atoms. The number of hydrogen-bond acceptors (Lipinski definition) is 3. The lowest BCUT2D eigenvalue weighted by molar-refractivity contribution is -0.146. The standard InChI is InChI=1S/C19H16Br2ClF3N2O3/c1-6(16(28)26-11-4-7(19(23,24)25)2-3-10(11)22)27-17(29)12-8-5-9(13(12)18(27)30)15(21)14(8)20/h2-4,6,8-9,12-15H,5H2,1H3,(H,26,28)/t6-,8-,9-,12-,13+,14+,15+/m1/s1.